The summed E-state index contributed by atoms with van der Waals surface area (Å²) in [4.78, 5) is 7.13. The van der Waals surface area contributed by atoms with Crippen LogP contribution in [-0.2, 0) is 0 Å². The molecule has 19 heavy (non-hydrogen) atoms. The molecule has 4 heteroatoms. The molecule has 0 amide bonds. The highest BCUT2D eigenvalue weighted by Gasteiger charge is 2.35. The van der Waals surface area contributed by atoms with Crippen LogP contribution in [0.2, 0.25) is 0 Å². The van der Waals surface area contributed by atoms with Crippen molar-refractivity contribution in [3.05, 3.63) is 0 Å². The lowest BCUT2D eigenvalue weighted by Gasteiger charge is -2.22. The minimum atomic E-state index is 0.216. The molecule has 1 aliphatic heterocycles. The zero-order valence-electron chi connectivity index (χ0n) is 12.4. The molecule has 1 heterocycles. The number of hydrogen-bond acceptors (Lipinski definition) is 2. The van der Waals surface area contributed by atoms with Crippen molar-refractivity contribution in [1.82, 2.24) is 10.2 Å². The highest BCUT2D eigenvalue weighted by atomic mass is 16.3. The van der Waals surface area contributed by atoms with Crippen molar-refractivity contribution in [3.63, 3.8) is 0 Å². The van der Waals surface area contributed by atoms with Crippen molar-refractivity contribution in [1.29, 1.82) is 0 Å². The van der Waals surface area contributed by atoms with E-state index >= 15 is 0 Å². The van der Waals surface area contributed by atoms with E-state index in [-0.39, 0.29) is 12.5 Å². The normalized spacial score (nSPS) is 29.2. The van der Waals surface area contributed by atoms with Crippen molar-refractivity contribution in [2.24, 2.45) is 22.7 Å². The van der Waals surface area contributed by atoms with E-state index in [0.717, 1.165) is 24.3 Å². The fourth-order valence-corrected chi connectivity index (χ4v) is 3.30. The van der Waals surface area contributed by atoms with Crippen molar-refractivity contribution in [2.75, 3.05) is 32.8 Å². The maximum absolute atomic E-state index is 9.11. The number of nitrogens with zero attached hydrogens (tertiary/aromatic N) is 2. The van der Waals surface area contributed by atoms with Crippen LogP contribution in [0.25, 0.3) is 0 Å². The zero-order chi connectivity index (χ0) is 13.7. The number of likely N-dealkylation sites (tertiary alicyclic amines) is 1. The first-order chi connectivity index (χ1) is 9.24. The van der Waals surface area contributed by atoms with E-state index in [0.29, 0.717) is 6.54 Å². The molecule has 0 aromatic heterocycles. The van der Waals surface area contributed by atoms with Gasteiger partial charge < -0.3 is 15.3 Å². The van der Waals surface area contributed by atoms with Gasteiger partial charge in [0.15, 0.2) is 5.96 Å². The minimum absolute atomic E-state index is 0.216. The molecule has 0 bridgehead atoms. The van der Waals surface area contributed by atoms with E-state index < -0.39 is 0 Å². The highest BCUT2D eigenvalue weighted by molar-refractivity contribution is 5.80. The highest BCUT2D eigenvalue weighted by Crippen LogP contribution is 2.35. The average molecular weight is 267 g/mol. The molecular weight excluding hydrogens is 238 g/mol. The van der Waals surface area contributed by atoms with Crippen LogP contribution >= 0.6 is 0 Å². The first-order valence-corrected chi connectivity index (χ1v) is 7.88. The van der Waals surface area contributed by atoms with Gasteiger partial charge in [-0.15, -0.1) is 0 Å². The van der Waals surface area contributed by atoms with Crippen molar-refractivity contribution >= 4 is 5.96 Å². The molecule has 2 aliphatic rings. The van der Waals surface area contributed by atoms with E-state index in [4.69, 9.17) is 10.1 Å². The Balaban J connectivity index is 1.95. The van der Waals surface area contributed by atoms with Crippen LogP contribution in [0.5, 0.6) is 0 Å². The molecule has 0 aromatic carbocycles. The Labute approximate surface area is 117 Å². The van der Waals surface area contributed by atoms with Crippen molar-refractivity contribution in [3.8, 4) is 0 Å². The van der Waals surface area contributed by atoms with Crippen molar-refractivity contribution in [2.45, 2.75) is 39.5 Å². The van der Waals surface area contributed by atoms with Gasteiger partial charge in [0, 0.05) is 32.8 Å². The van der Waals surface area contributed by atoms with Gasteiger partial charge in [0.1, 0.15) is 0 Å². The Kier molecular flexibility index (Phi) is 5.49. The van der Waals surface area contributed by atoms with E-state index in [2.05, 4.69) is 17.1 Å². The van der Waals surface area contributed by atoms with Gasteiger partial charge in [0.25, 0.3) is 0 Å². The third-order valence-corrected chi connectivity index (χ3v) is 4.48. The minimum Gasteiger partial charge on any atom is -0.396 e. The number of nitrogens with one attached hydrogen (secondary N) is 1. The molecule has 0 radical (unpaired) electrons. The Morgan fingerprint density at radius 3 is 2.47 bits per heavy atom. The number of aliphatic imine (C=N–C) groups is 1. The summed E-state index contributed by atoms with van der Waals surface area (Å²) in [5.41, 5.74) is 0. The predicted molar refractivity (Wildman–Crippen MR) is 79.2 cm³/mol. The number of fused-ring (bicyclic) bond motifs is 1. The third kappa shape index (κ3) is 3.85. The standard InChI is InChI=1S/C15H29N3O/c1-3-16-15(17-8-12(2)11-19)18-9-13-6-4-5-7-14(13)10-18/h12-14,19H,3-11H2,1-2H3,(H,16,17). The summed E-state index contributed by atoms with van der Waals surface area (Å²) >= 11 is 0. The SMILES string of the molecule is CCNC(=NCC(C)CO)N1CC2CCCCC2C1. The van der Waals surface area contributed by atoms with E-state index in [1.165, 1.54) is 38.8 Å². The van der Waals surface area contributed by atoms with E-state index in [9.17, 15) is 0 Å². The van der Waals surface area contributed by atoms with E-state index in [1.807, 2.05) is 6.92 Å². The van der Waals surface area contributed by atoms with Gasteiger partial charge in [-0.25, -0.2) is 0 Å². The van der Waals surface area contributed by atoms with Gasteiger partial charge in [-0.2, -0.15) is 0 Å². The van der Waals surface area contributed by atoms with E-state index in [1.54, 1.807) is 0 Å². The Bertz CT molecular complexity index is 292. The van der Waals surface area contributed by atoms with Gasteiger partial charge in [-0.1, -0.05) is 19.8 Å². The molecule has 2 N–H and O–H groups in total. The van der Waals surface area contributed by atoms with Crippen LogP contribution < -0.4 is 5.32 Å². The topological polar surface area (TPSA) is 47.9 Å². The van der Waals surface area contributed by atoms with Crippen LogP contribution in [0.4, 0.5) is 0 Å². The van der Waals surface area contributed by atoms with Crippen LogP contribution in [0.1, 0.15) is 39.5 Å². The van der Waals surface area contributed by atoms with Crippen molar-refractivity contribution < 1.29 is 5.11 Å². The smallest absolute Gasteiger partial charge is 0.193 e. The quantitative estimate of drug-likeness (QED) is 0.602. The maximum Gasteiger partial charge on any atom is 0.193 e. The second kappa shape index (κ2) is 7.13. The summed E-state index contributed by atoms with van der Waals surface area (Å²) < 4.78 is 0. The summed E-state index contributed by atoms with van der Waals surface area (Å²) in [6.45, 7) is 8.34. The molecule has 110 valence electrons. The number of aliphatic hydroxyl groups is 1. The fourth-order valence-electron chi connectivity index (χ4n) is 3.30. The molecule has 1 aliphatic carbocycles. The van der Waals surface area contributed by atoms with Gasteiger partial charge in [-0.3, -0.25) is 4.99 Å². The first-order valence-electron chi connectivity index (χ1n) is 7.88. The lowest BCUT2D eigenvalue weighted by molar-refractivity contribution is 0.241. The molecular formula is C15H29N3O. The summed E-state index contributed by atoms with van der Waals surface area (Å²) in [5.74, 6) is 3.07. The number of rotatable bonds is 4. The fraction of sp³-hybridized carbons (Fsp3) is 0.933. The largest absolute Gasteiger partial charge is 0.396 e. The van der Waals surface area contributed by atoms with Gasteiger partial charge in [-0.05, 0) is 37.5 Å². The van der Waals surface area contributed by atoms with Crippen LogP contribution in [0, 0.1) is 17.8 Å². The summed E-state index contributed by atoms with van der Waals surface area (Å²) in [6.07, 6.45) is 5.61. The maximum atomic E-state index is 9.11. The van der Waals surface area contributed by atoms with Crippen LogP contribution in [0.15, 0.2) is 4.99 Å². The molecule has 0 spiro atoms. The molecule has 3 unspecified atom stereocenters. The molecule has 2 fully saturated rings. The summed E-state index contributed by atoms with van der Waals surface area (Å²) in [6, 6.07) is 0. The van der Waals surface area contributed by atoms with Gasteiger partial charge >= 0.3 is 0 Å². The molecule has 1 saturated heterocycles. The Morgan fingerprint density at radius 1 is 1.32 bits per heavy atom. The Morgan fingerprint density at radius 2 is 1.95 bits per heavy atom. The molecule has 2 rings (SSSR count). The number of hydrogen-bond donors (Lipinski definition) is 2. The second-order valence-electron chi connectivity index (χ2n) is 6.19. The molecule has 3 atom stereocenters. The number of guanidine groups is 1. The van der Waals surface area contributed by atoms with Crippen LogP contribution in [-0.4, -0.2) is 48.8 Å². The Hall–Kier alpha value is -0.770. The zero-order valence-corrected chi connectivity index (χ0v) is 12.4. The average Bonchev–Trinajstić information content (AvgIpc) is 2.86. The molecule has 1 saturated carbocycles. The summed E-state index contributed by atoms with van der Waals surface area (Å²) in [7, 11) is 0. The molecule has 4 nitrogen and oxygen atoms in total. The van der Waals surface area contributed by atoms with Gasteiger partial charge in [0.05, 0.1) is 0 Å². The van der Waals surface area contributed by atoms with Crippen LogP contribution in [0.3, 0.4) is 0 Å². The summed E-state index contributed by atoms with van der Waals surface area (Å²) in [5, 5.41) is 12.5. The first kappa shape index (κ1) is 14.6. The number of aliphatic hydroxyl groups excluding tert-OH is 1. The third-order valence-electron chi connectivity index (χ3n) is 4.48. The second-order valence-corrected chi connectivity index (χ2v) is 6.19. The lowest BCUT2D eigenvalue weighted by atomic mass is 9.82. The monoisotopic (exact) mass is 267 g/mol. The lowest BCUT2D eigenvalue weighted by Crippen LogP contribution is -2.40. The molecule has 0 aromatic rings. The predicted octanol–water partition coefficient (Wildman–Crippen LogP) is 1.70. The van der Waals surface area contributed by atoms with Gasteiger partial charge in [0.2, 0.25) is 0 Å².